The van der Waals surface area contributed by atoms with Gasteiger partial charge in [0.1, 0.15) is 16.9 Å². The molecule has 30 heavy (non-hydrogen) atoms. The Hall–Kier alpha value is -2.10. The molecule has 1 atom stereocenters. The number of rotatable bonds is 6. The molecule has 1 unspecified atom stereocenters. The molecule has 2 aromatic heterocycles. The van der Waals surface area contributed by atoms with E-state index in [1.54, 1.807) is 0 Å². The van der Waals surface area contributed by atoms with E-state index in [0.717, 1.165) is 41.3 Å². The van der Waals surface area contributed by atoms with Crippen LogP contribution in [0.5, 0.6) is 0 Å². The lowest BCUT2D eigenvalue weighted by Gasteiger charge is -2.35. The topological polar surface area (TPSA) is 83.5 Å². The van der Waals surface area contributed by atoms with Crippen LogP contribution in [0.3, 0.4) is 0 Å². The summed E-state index contributed by atoms with van der Waals surface area (Å²) >= 11 is 1.53. The molecule has 2 saturated heterocycles. The number of carbonyl (C=O) groups excluding carboxylic acids is 1. The molecule has 4 heterocycles. The van der Waals surface area contributed by atoms with Gasteiger partial charge in [-0.15, -0.1) is 10.2 Å². The number of amides is 1. The zero-order chi connectivity index (χ0) is 20.9. The highest BCUT2D eigenvalue weighted by atomic mass is 32.1. The minimum Gasteiger partial charge on any atom is -0.368 e. The molecule has 0 spiro atoms. The molecule has 162 valence electrons. The fraction of sp³-hybridized carbons (Fsp3) is 0.619. The van der Waals surface area contributed by atoms with Gasteiger partial charge in [-0.25, -0.2) is 4.98 Å². The molecule has 0 bridgehead atoms. The molecule has 2 aliphatic rings. The molecule has 8 nitrogen and oxygen atoms in total. The highest BCUT2D eigenvalue weighted by Gasteiger charge is 2.28. The second-order valence-corrected chi connectivity index (χ2v) is 9.15. The Balaban J connectivity index is 1.36. The van der Waals surface area contributed by atoms with Crippen LogP contribution in [0, 0.1) is 5.92 Å². The third-order valence-electron chi connectivity index (χ3n) is 5.76. The molecule has 9 heteroatoms. The molecule has 1 N–H and O–H groups in total. The van der Waals surface area contributed by atoms with Crippen LogP contribution in [-0.4, -0.2) is 70.2 Å². The highest BCUT2D eigenvalue weighted by Crippen LogP contribution is 2.25. The van der Waals surface area contributed by atoms with Crippen molar-refractivity contribution in [3.8, 4) is 0 Å². The number of morpholine rings is 1. The lowest BCUT2D eigenvalue weighted by Crippen LogP contribution is -2.48. The summed E-state index contributed by atoms with van der Waals surface area (Å²) in [6.45, 7) is 8.59. The molecule has 0 saturated carbocycles. The van der Waals surface area contributed by atoms with E-state index < -0.39 is 0 Å². The van der Waals surface area contributed by atoms with Crippen LogP contribution in [-0.2, 0) is 16.0 Å². The number of nitrogens with one attached hydrogen (secondary N) is 1. The van der Waals surface area contributed by atoms with E-state index in [4.69, 9.17) is 9.72 Å². The summed E-state index contributed by atoms with van der Waals surface area (Å²) in [5.41, 5.74) is 0.824. The molecular formula is C21H30N6O2S. The normalized spacial score (nSPS) is 21.0. The van der Waals surface area contributed by atoms with Gasteiger partial charge in [-0.05, 0) is 50.4 Å². The van der Waals surface area contributed by atoms with Gasteiger partial charge < -0.3 is 15.0 Å². The highest BCUT2D eigenvalue weighted by molar-refractivity contribution is 7.15. The number of pyridine rings is 1. The quantitative estimate of drug-likeness (QED) is 0.754. The third-order valence-corrected chi connectivity index (χ3v) is 6.74. The van der Waals surface area contributed by atoms with Crippen LogP contribution < -0.4 is 5.32 Å². The summed E-state index contributed by atoms with van der Waals surface area (Å²) in [7, 11) is 0. The molecular weight excluding hydrogens is 400 g/mol. The van der Waals surface area contributed by atoms with E-state index in [1.807, 2.05) is 23.1 Å². The third kappa shape index (κ3) is 5.33. The second-order valence-electron chi connectivity index (χ2n) is 8.09. The number of aryl methyl sites for hydroxylation is 1. The Morgan fingerprint density at radius 1 is 1.27 bits per heavy atom. The first-order chi connectivity index (χ1) is 14.6. The molecule has 0 aromatic carbocycles. The van der Waals surface area contributed by atoms with Crippen LogP contribution in [0.4, 0.5) is 10.9 Å². The van der Waals surface area contributed by atoms with Gasteiger partial charge >= 0.3 is 0 Å². The Kier molecular flexibility index (Phi) is 6.91. The molecule has 1 amide bonds. The molecule has 2 aliphatic heterocycles. The van der Waals surface area contributed by atoms with E-state index >= 15 is 0 Å². The van der Waals surface area contributed by atoms with Gasteiger partial charge in [0.05, 0.1) is 25.4 Å². The lowest BCUT2D eigenvalue weighted by atomic mass is 9.99. The fourth-order valence-corrected chi connectivity index (χ4v) is 4.51. The summed E-state index contributed by atoms with van der Waals surface area (Å²) in [5, 5.41) is 13.2. The van der Waals surface area contributed by atoms with Gasteiger partial charge in [0.2, 0.25) is 11.0 Å². The van der Waals surface area contributed by atoms with Crippen LogP contribution in [0.25, 0.3) is 0 Å². The summed E-state index contributed by atoms with van der Waals surface area (Å²) in [6.07, 6.45) is 3.00. The number of aromatic nitrogens is 3. The number of hydrogen-bond acceptors (Lipinski definition) is 8. The summed E-state index contributed by atoms with van der Waals surface area (Å²) in [5.74, 6) is 1.67. The van der Waals surface area contributed by atoms with E-state index in [0.29, 0.717) is 32.1 Å². The SMILES string of the molecule is CCc1nnc(Nc2cccc(C3CN(C(=O)CN4CCC(C)CC4)CCO3)n2)s1. The second kappa shape index (κ2) is 9.80. The Morgan fingerprint density at radius 2 is 2.10 bits per heavy atom. The standard InChI is InChI=1S/C21H30N6O2S/c1-3-19-24-25-21(30-19)23-18-6-4-5-16(22-18)17-13-27(11-12-29-17)20(28)14-26-9-7-15(2)8-10-26/h4-6,15,17H,3,7-14H2,1-2H3,(H,22,23,25). The van der Waals surface area contributed by atoms with Gasteiger partial charge in [0.15, 0.2) is 0 Å². The fourth-order valence-electron chi connectivity index (χ4n) is 3.82. The van der Waals surface area contributed by atoms with Crippen molar-refractivity contribution in [1.29, 1.82) is 0 Å². The van der Waals surface area contributed by atoms with Crippen LogP contribution in [0.1, 0.15) is 43.5 Å². The van der Waals surface area contributed by atoms with Crippen molar-refractivity contribution in [2.75, 3.05) is 44.6 Å². The van der Waals surface area contributed by atoms with Crippen LogP contribution in [0.2, 0.25) is 0 Å². The van der Waals surface area contributed by atoms with E-state index in [-0.39, 0.29) is 12.0 Å². The predicted octanol–water partition coefficient (Wildman–Crippen LogP) is 2.87. The first kappa shape index (κ1) is 21.1. The smallest absolute Gasteiger partial charge is 0.236 e. The van der Waals surface area contributed by atoms with Crippen molar-refractivity contribution in [1.82, 2.24) is 25.0 Å². The van der Waals surface area contributed by atoms with Gasteiger partial charge in [-0.2, -0.15) is 0 Å². The number of carbonyl (C=O) groups is 1. The van der Waals surface area contributed by atoms with E-state index in [1.165, 1.54) is 24.2 Å². The number of likely N-dealkylation sites (tertiary alicyclic amines) is 1. The lowest BCUT2D eigenvalue weighted by molar-refractivity contribution is -0.140. The van der Waals surface area contributed by atoms with Crippen molar-refractivity contribution in [3.63, 3.8) is 0 Å². The first-order valence-corrected chi connectivity index (χ1v) is 11.6. The van der Waals surface area contributed by atoms with Crippen molar-refractivity contribution in [3.05, 3.63) is 28.9 Å². The monoisotopic (exact) mass is 430 g/mol. The zero-order valence-corrected chi connectivity index (χ0v) is 18.5. The minimum atomic E-state index is -0.216. The van der Waals surface area contributed by atoms with Crippen molar-refractivity contribution in [2.45, 2.75) is 39.2 Å². The van der Waals surface area contributed by atoms with E-state index in [9.17, 15) is 4.79 Å². The molecule has 4 rings (SSSR count). The first-order valence-electron chi connectivity index (χ1n) is 10.8. The summed E-state index contributed by atoms with van der Waals surface area (Å²) in [4.78, 5) is 21.7. The van der Waals surface area contributed by atoms with Crippen molar-refractivity contribution in [2.24, 2.45) is 5.92 Å². The number of ether oxygens (including phenoxy) is 1. The molecule has 2 fully saturated rings. The predicted molar refractivity (Wildman–Crippen MR) is 117 cm³/mol. The van der Waals surface area contributed by atoms with Gasteiger partial charge in [0.25, 0.3) is 0 Å². The minimum absolute atomic E-state index is 0.188. The molecule has 0 aliphatic carbocycles. The van der Waals surface area contributed by atoms with Gasteiger partial charge in [0, 0.05) is 6.54 Å². The Bertz CT molecular complexity index is 852. The Morgan fingerprint density at radius 3 is 2.87 bits per heavy atom. The van der Waals surface area contributed by atoms with Crippen molar-refractivity contribution >= 4 is 28.2 Å². The average Bonchev–Trinajstić information content (AvgIpc) is 3.23. The maximum Gasteiger partial charge on any atom is 0.236 e. The average molecular weight is 431 g/mol. The summed E-state index contributed by atoms with van der Waals surface area (Å²) < 4.78 is 5.95. The Labute approximate surface area is 181 Å². The zero-order valence-electron chi connectivity index (χ0n) is 17.7. The number of anilines is 2. The van der Waals surface area contributed by atoms with Crippen LogP contribution in [0.15, 0.2) is 18.2 Å². The number of nitrogens with zero attached hydrogens (tertiary/aromatic N) is 5. The van der Waals surface area contributed by atoms with Gasteiger partial charge in [-0.1, -0.05) is 31.3 Å². The van der Waals surface area contributed by atoms with E-state index in [2.05, 4.69) is 34.3 Å². The van der Waals surface area contributed by atoms with Crippen molar-refractivity contribution < 1.29 is 9.53 Å². The number of hydrogen-bond donors (Lipinski definition) is 1. The molecule has 2 aromatic rings. The summed E-state index contributed by atoms with van der Waals surface area (Å²) in [6, 6.07) is 5.80. The maximum absolute atomic E-state index is 12.8. The maximum atomic E-state index is 12.8. The molecule has 0 radical (unpaired) electrons. The van der Waals surface area contributed by atoms with Crippen LogP contribution >= 0.6 is 11.3 Å². The largest absolute Gasteiger partial charge is 0.368 e. The number of piperidine rings is 1. The van der Waals surface area contributed by atoms with Gasteiger partial charge in [-0.3, -0.25) is 9.69 Å².